The number of para-hydroxylation sites is 4. The third kappa shape index (κ3) is 7.04. The minimum Gasteiger partial charge on any atom is -0.454 e. The summed E-state index contributed by atoms with van der Waals surface area (Å²) >= 11 is 0. The molecule has 0 atom stereocenters. The number of benzene rings is 12. The average Bonchev–Trinajstić information content (AvgIpc) is 1.83. The Balaban J connectivity index is 0.819. The molecule has 7 heteroatoms. The molecule has 12 aromatic carbocycles. The van der Waals surface area contributed by atoms with E-state index in [9.17, 15) is 0 Å². The third-order valence-electron chi connectivity index (χ3n) is 18.1. The van der Waals surface area contributed by atoms with Gasteiger partial charge in [0, 0.05) is 71.0 Å². The number of nitrogens with zero attached hydrogens (tertiary/aromatic N) is 6. The Morgan fingerprint density at radius 1 is 0.306 bits per heavy atom. The molecule has 0 amide bonds. The van der Waals surface area contributed by atoms with Gasteiger partial charge in [0.15, 0.2) is 17.2 Å². The van der Waals surface area contributed by atoms with Gasteiger partial charge in [-0.25, -0.2) is 4.98 Å². The van der Waals surface area contributed by atoms with Crippen LogP contribution in [-0.2, 0) is 5.41 Å². The van der Waals surface area contributed by atoms with Crippen molar-refractivity contribution in [2.75, 3.05) is 0 Å². The number of aromatic nitrogens is 6. The van der Waals surface area contributed by atoms with E-state index in [1.54, 1.807) is 0 Å². The minimum atomic E-state index is -0.200. The number of rotatable bonds is 7. The van der Waals surface area contributed by atoms with Gasteiger partial charge >= 0.3 is 0 Å². The fourth-order valence-corrected chi connectivity index (χ4v) is 14.1. The third-order valence-corrected chi connectivity index (χ3v) is 18.1. The second-order valence-electron chi connectivity index (χ2n) is 23.1. The monoisotopic (exact) mass is 1090 g/mol. The van der Waals surface area contributed by atoms with E-state index in [1.807, 2.05) is 42.5 Å². The van der Waals surface area contributed by atoms with Crippen molar-refractivity contribution in [3.05, 3.63) is 278 Å². The molecule has 0 radical (unpaired) electrons. The van der Waals surface area contributed by atoms with E-state index in [0.717, 1.165) is 110 Å². The van der Waals surface area contributed by atoms with Crippen LogP contribution in [0.15, 0.2) is 271 Å². The van der Waals surface area contributed by atoms with Gasteiger partial charge in [-0.05, 0) is 136 Å². The van der Waals surface area contributed by atoms with Gasteiger partial charge in [-0.1, -0.05) is 190 Å². The van der Waals surface area contributed by atoms with Gasteiger partial charge in [-0.2, -0.15) is 9.97 Å². The Morgan fingerprint density at radius 3 is 1.38 bits per heavy atom. The second kappa shape index (κ2) is 17.9. The Kier molecular flexibility index (Phi) is 10.0. The van der Waals surface area contributed by atoms with Gasteiger partial charge in [0.25, 0.3) is 0 Å². The molecule has 18 rings (SSSR count). The molecule has 5 heterocycles. The van der Waals surface area contributed by atoms with Crippen LogP contribution >= 0.6 is 0 Å². The molecule has 0 saturated carbocycles. The Morgan fingerprint density at radius 2 is 0.753 bits per heavy atom. The molecule has 1 aliphatic carbocycles. The molecule has 0 bridgehead atoms. The Hall–Kier alpha value is -11.2. The van der Waals surface area contributed by atoms with E-state index in [4.69, 9.17) is 19.4 Å². The van der Waals surface area contributed by atoms with Crippen molar-refractivity contribution in [1.82, 2.24) is 28.7 Å². The maximum absolute atomic E-state index is 6.73. The van der Waals surface area contributed by atoms with Crippen LogP contribution in [0, 0.1) is 0 Å². The predicted molar refractivity (Wildman–Crippen MR) is 349 cm³/mol. The van der Waals surface area contributed by atoms with Crippen LogP contribution in [0.5, 0.6) is 0 Å². The molecule has 85 heavy (non-hydrogen) atoms. The maximum atomic E-state index is 6.73. The van der Waals surface area contributed by atoms with E-state index in [1.165, 1.54) is 44.2 Å². The van der Waals surface area contributed by atoms with Crippen LogP contribution in [-0.4, -0.2) is 28.7 Å². The first-order valence-electron chi connectivity index (χ1n) is 29.1. The molecule has 5 aromatic heterocycles. The first kappa shape index (κ1) is 47.5. The largest absolute Gasteiger partial charge is 0.454 e. The zero-order valence-electron chi connectivity index (χ0n) is 46.5. The highest BCUT2D eigenvalue weighted by Gasteiger charge is 2.36. The molecular weight excluding hydrogens is 1040 g/mol. The SMILES string of the molecule is CC1(C)c2ccc(-c3ccc4c(c3)c3cc5c(cc3n4-c3nc(-c4ccccc4)nc(-c4ccccc4)n3)c3ccccc3n5-c3ccccc3)cc2-c2cc(-c3ccc4c(c3)c3ccc5c6ccccc6oc5c3n4-c3ccccc3)ccc21. The number of hydrogen-bond acceptors (Lipinski definition) is 4. The fourth-order valence-electron chi connectivity index (χ4n) is 14.1. The molecule has 0 aliphatic heterocycles. The Bertz CT molecular complexity index is 5560. The minimum absolute atomic E-state index is 0.200. The highest BCUT2D eigenvalue weighted by atomic mass is 16.3. The smallest absolute Gasteiger partial charge is 0.238 e. The topological polar surface area (TPSA) is 66.6 Å². The van der Waals surface area contributed by atoms with Crippen molar-refractivity contribution < 1.29 is 4.42 Å². The van der Waals surface area contributed by atoms with Crippen molar-refractivity contribution in [2.45, 2.75) is 19.3 Å². The van der Waals surface area contributed by atoms with Crippen molar-refractivity contribution in [1.29, 1.82) is 0 Å². The van der Waals surface area contributed by atoms with E-state index in [2.05, 4.69) is 252 Å². The summed E-state index contributed by atoms with van der Waals surface area (Å²) in [5.74, 6) is 1.79. The molecule has 0 saturated heterocycles. The van der Waals surface area contributed by atoms with Gasteiger partial charge < -0.3 is 13.6 Å². The maximum Gasteiger partial charge on any atom is 0.238 e. The lowest BCUT2D eigenvalue weighted by molar-refractivity contribution is 0.660. The van der Waals surface area contributed by atoms with Crippen LogP contribution in [0.2, 0.25) is 0 Å². The van der Waals surface area contributed by atoms with Crippen molar-refractivity contribution in [3.8, 4) is 73.5 Å². The first-order chi connectivity index (χ1) is 41.9. The van der Waals surface area contributed by atoms with Gasteiger partial charge in [0.05, 0.1) is 33.1 Å². The van der Waals surface area contributed by atoms with Crippen LogP contribution in [0.3, 0.4) is 0 Å². The van der Waals surface area contributed by atoms with Crippen LogP contribution in [0.4, 0.5) is 0 Å². The normalized spacial score (nSPS) is 12.9. The standard InChI is InChI=1S/C78H50N6O/c1-78(2)65-37-31-49(51-33-39-68-61(43-51)57-35-36-58-56-28-16-18-30-72(56)85-74(58)73(57)83(68)54-25-13-6-14-26-54)41-59(65)60-42-50(32-38-66(60)78)52-34-40-69-62(44-52)64-46-70-63(55-27-15-17-29-67(55)82(70)53-23-11-5-12-24-53)45-71(64)84(69)77-80-75(47-19-7-3-8-20-47)79-76(81-77)48-21-9-4-10-22-48/h3-46H,1-2H3. The predicted octanol–water partition coefficient (Wildman–Crippen LogP) is 20.0. The lowest BCUT2D eigenvalue weighted by Crippen LogP contribution is -2.14. The molecular formula is C78H50N6O. The zero-order chi connectivity index (χ0) is 56.1. The highest BCUT2D eigenvalue weighted by molar-refractivity contribution is 6.22. The van der Waals surface area contributed by atoms with Crippen LogP contribution < -0.4 is 0 Å². The summed E-state index contributed by atoms with van der Waals surface area (Å²) in [7, 11) is 0. The molecule has 17 aromatic rings. The molecule has 398 valence electrons. The lowest BCUT2D eigenvalue weighted by atomic mass is 9.82. The van der Waals surface area contributed by atoms with Crippen LogP contribution in [0.1, 0.15) is 25.0 Å². The molecule has 1 aliphatic rings. The van der Waals surface area contributed by atoms with Crippen LogP contribution in [0.25, 0.3) is 161 Å². The highest BCUT2D eigenvalue weighted by Crippen LogP contribution is 2.52. The summed E-state index contributed by atoms with van der Waals surface area (Å²) in [6.45, 7) is 4.73. The van der Waals surface area contributed by atoms with Gasteiger partial charge in [-0.15, -0.1) is 0 Å². The first-order valence-corrected chi connectivity index (χ1v) is 29.1. The van der Waals surface area contributed by atoms with E-state index in [-0.39, 0.29) is 5.41 Å². The molecule has 0 fully saturated rings. The zero-order valence-corrected chi connectivity index (χ0v) is 46.5. The molecule has 7 nitrogen and oxygen atoms in total. The fraction of sp³-hybridized carbons (Fsp3) is 0.0385. The molecule has 0 unspecified atom stereocenters. The lowest BCUT2D eigenvalue weighted by Gasteiger charge is -2.21. The van der Waals surface area contributed by atoms with Crippen molar-refractivity contribution in [3.63, 3.8) is 0 Å². The molecule has 0 N–H and O–H groups in total. The van der Waals surface area contributed by atoms with E-state index < -0.39 is 0 Å². The van der Waals surface area contributed by atoms with E-state index >= 15 is 0 Å². The summed E-state index contributed by atoms with van der Waals surface area (Å²) in [6.07, 6.45) is 0. The van der Waals surface area contributed by atoms with Crippen molar-refractivity contribution in [2.24, 2.45) is 0 Å². The average molecular weight is 1090 g/mol. The Labute approximate surface area is 488 Å². The molecule has 0 spiro atoms. The van der Waals surface area contributed by atoms with E-state index in [0.29, 0.717) is 17.6 Å². The van der Waals surface area contributed by atoms with Gasteiger partial charge in [-0.3, -0.25) is 4.57 Å². The number of hydrogen-bond donors (Lipinski definition) is 0. The van der Waals surface area contributed by atoms with Gasteiger partial charge in [0.1, 0.15) is 5.58 Å². The number of fused-ring (bicyclic) bond motifs is 16. The summed E-state index contributed by atoms with van der Waals surface area (Å²) in [6, 6.07) is 96.2. The quantitative estimate of drug-likeness (QED) is 0.159. The summed E-state index contributed by atoms with van der Waals surface area (Å²) in [5.41, 5.74) is 22.0. The number of furan rings is 1. The summed E-state index contributed by atoms with van der Waals surface area (Å²) < 4.78 is 13.8. The summed E-state index contributed by atoms with van der Waals surface area (Å²) in [5, 5.41) is 9.13. The van der Waals surface area contributed by atoms with Crippen molar-refractivity contribution >= 4 is 87.4 Å². The summed E-state index contributed by atoms with van der Waals surface area (Å²) in [4.78, 5) is 15.8. The van der Waals surface area contributed by atoms with Gasteiger partial charge in [0.2, 0.25) is 5.95 Å². The second-order valence-corrected chi connectivity index (χ2v) is 23.1.